The molecule has 0 saturated carbocycles. The van der Waals surface area contributed by atoms with Gasteiger partial charge in [-0.05, 0) is 38.1 Å². The summed E-state index contributed by atoms with van der Waals surface area (Å²) in [5.74, 6) is -1.03. The van der Waals surface area contributed by atoms with Crippen molar-refractivity contribution >= 4 is 17.8 Å². The number of hydroxylamine groups is 2. The summed E-state index contributed by atoms with van der Waals surface area (Å²) >= 11 is 0. The molecule has 1 aliphatic heterocycles. The first-order valence-electron chi connectivity index (χ1n) is 7.98. The van der Waals surface area contributed by atoms with Crippen LogP contribution in [-0.4, -0.2) is 49.7 Å². The van der Waals surface area contributed by atoms with E-state index >= 15 is 0 Å². The summed E-state index contributed by atoms with van der Waals surface area (Å²) < 4.78 is 10.7. The lowest BCUT2D eigenvalue weighted by Gasteiger charge is -2.15. The molecule has 2 amide bonds. The maximum absolute atomic E-state index is 11.8. The molecule has 1 aromatic carbocycles. The van der Waals surface area contributed by atoms with Gasteiger partial charge in [0.2, 0.25) is 0 Å². The summed E-state index contributed by atoms with van der Waals surface area (Å²) in [7, 11) is 3.40. The summed E-state index contributed by atoms with van der Waals surface area (Å²) in [6.45, 7) is 1.62. The summed E-state index contributed by atoms with van der Waals surface area (Å²) in [6, 6.07) is 5.73. The Kier molecular flexibility index (Phi) is 6.35. The molecule has 0 aromatic heterocycles. The van der Waals surface area contributed by atoms with Crippen LogP contribution in [0.15, 0.2) is 18.2 Å². The number of benzene rings is 1. The van der Waals surface area contributed by atoms with Crippen molar-refractivity contribution in [2.45, 2.75) is 32.2 Å². The molecular formula is C17H22N2O6. The van der Waals surface area contributed by atoms with Crippen molar-refractivity contribution in [1.82, 2.24) is 10.4 Å². The van der Waals surface area contributed by atoms with Gasteiger partial charge in [-0.15, -0.1) is 5.06 Å². The normalized spacial score (nSPS) is 15.2. The van der Waals surface area contributed by atoms with Crippen LogP contribution in [0.2, 0.25) is 0 Å². The molecule has 1 aliphatic rings. The van der Waals surface area contributed by atoms with E-state index in [2.05, 4.69) is 12.2 Å². The lowest BCUT2D eigenvalue weighted by atomic mass is 10.1. The molecule has 8 nitrogen and oxygen atoms in total. The monoisotopic (exact) mass is 350 g/mol. The third kappa shape index (κ3) is 4.93. The van der Waals surface area contributed by atoms with Crippen molar-refractivity contribution in [3.8, 4) is 11.5 Å². The van der Waals surface area contributed by atoms with Crippen molar-refractivity contribution in [3.63, 3.8) is 0 Å². The Balaban J connectivity index is 1.94. The van der Waals surface area contributed by atoms with Crippen LogP contribution in [0, 0.1) is 0 Å². The lowest BCUT2D eigenvalue weighted by molar-refractivity contribution is -0.198. The van der Waals surface area contributed by atoms with Gasteiger partial charge in [-0.2, -0.15) is 0 Å². The average molecular weight is 350 g/mol. The highest BCUT2D eigenvalue weighted by Crippen LogP contribution is 2.28. The summed E-state index contributed by atoms with van der Waals surface area (Å²) in [5.41, 5.74) is 1.06. The van der Waals surface area contributed by atoms with Crippen LogP contribution < -0.4 is 14.8 Å². The average Bonchev–Trinajstić information content (AvgIpc) is 2.92. The molecule has 1 unspecified atom stereocenters. The summed E-state index contributed by atoms with van der Waals surface area (Å²) in [4.78, 5) is 39.3. The predicted octanol–water partition coefficient (Wildman–Crippen LogP) is 0.832. The number of methoxy groups -OCH3 is 1. The Labute approximate surface area is 146 Å². The van der Waals surface area contributed by atoms with Crippen LogP contribution >= 0.6 is 0 Å². The minimum Gasteiger partial charge on any atom is -0.493 e. The Morgan fingerprint density at radius 1 is 1.24 bits per heavy atom. The van der Waals surface area contributed by atoms with Gasteiger partial charge in [-0.25, -0.2) is 4.79 Å². The number of likely N-dealkylation sites (N-methyl/N-ethyl adjacent to an activating group) is 1. The molecule has 0 spiro atoms. The van der Waals surface area contributed by atoms with Crippen molar-refractivity contribution in [2.24, 2.45) is 0 Å². The molecule has 0 bridgehead atoms. The Bertz CT molecular complexity index is 645. The van der Waals surface area contributed by atoms with Gasteiger partial charge in [0.25, 0.3) is 11.8 Å². The van der Waals surface area contributed by atoms with E-state index in [1.807, 2.05) is 19.2 Å². The van der Waals surface area contributed by atoms with Gasteiger partial charge in [-0.3, -0.25) is 9.59 Å². The maximum atomic E-state index is 11.8. The quantitative estimate of drug-likeness (QED) is 0.694. The summed E-state index contributed by atoms with van der Waals surface area (Å²) in [6.07, 6.45) is 0.912. The van der Waals surface area contributed by atoms with Crippen LogP contribution in [0.3, 0.4) is 0 Å². The number of hydrogen-bond donors (Lipinski definition) is 1. The molecule has 0 aliphatic carbocycles. The Morgan fingerprint density at radius 2 is 1.92 bits per heavy atom. The van der Waals surface area contributed by atoms with E-state index in [0.717, 1.165) is 12.0 Å². The fraction of sp³-hybridized carbons (Fsp3) is 0.471. The highest BCUT2D eigenvalue weighted by atomic mass is 16.7. The minimum absolute atomic E-state index is 0.0489. The first-order valence-corrected chi connectivity index (χ1v) is 7.98. The molecule has 1 saturated heterocycles. The number of amides is 2. The highest BCUT2D eigenvalue weighted by molar-refractivity contribution is 6.01. The predicted molar refractivity (Wildman–Crippen MR) is 87.9 cm³/mol. The number of nitrogens with one attached hydrogen (secondary N) is 1. The smallest absolute Gasteiger partial charge is 0.370 e. The molecule has 1 fully saturated rings. The Morgan fingerprint density at radius 3 is 2.52 bits per heavy atom. The highest BCUT2D eigenvalue weighted by Gasteiger charge is 2.32. The second kappa shape index (κ2) is 8.48. The molecule has 1 atom stereocenters. The van der Waals surface area contributed by atoms with Crippen LogP contribution in [0.4, 0.5) is 0 Å². The van der Waals surface area contributed by atoms with E-state index in [4.69, 9.17) is 14.3 Å². The van der Waals surface area contributed by atoms with Crippen molar-refractivity contribution < 1.29 is 28.7 Å². The van der Waals surface area contributed by atoms with Gasteiger partial charge in [0, 0.05) is 18.9 Å². The first-order chi connectivity index (χ1) is 11.9. The van der Waals surface area contributed by atoms with E-state index in [0.29, 0.717) is 22.6 Å². The zero-order chi connectivity index (χ0) is 18.4. The molecule has 136 valence electrons. The van der Waals surface area contributed by atoms with Gasteiger partial charge in [0.1, 0.15) is 0 Å². The minimum atomic E-state index is -0.835. The molecule has 1 N–H and O–H groups in total. The second-order valence-electron chi connectivity index (χ2n) is 5.71. The third-order valence-electron chi connectivity index (χ3n) is 3.81. The lowest BCUT2D eigenvalue weighted by Crippen LogP contribution is -2.33. The molecule has 25 heavy (non-hydrogen) atoms. The number of carbonyl (C=O) groups is 3. The fourth-order valence-electron chi connectivity index (χ4n) is 2.34. The molecule has 0 radical (unpaired) electrons. The zero-order valence-electron chi connectivity index (χ0n) is 14.5. The van der Waals surface area contributed by atoms with Crippen molar-refractivity contribution in [3.05, 3.63) is 23.8 Å². The number of ether oxygens (including phenoxy) is 2. The van der Waals surface area contributed by atoms with Gasteiger partial charge < -0.3 is 19.6 Å². The van der Waals surface area contributed by atoms with Gasteiger partial charge in [0.05, 0.1) is 7.11 Å². The molecule has 1 heterocycles. The zero-order valence-corrected chi connectivity index (χ0v) is 14.5. The molecule has 8 heteroatoms. The Hall–Kier alpha value is -2.61. The van der Waals surface area contributed by atoms with E-state index in [9.17, 15) is 14.4 Å². The molecule has 1 aromatic rings. The number of carbonyl (C=O) groups excluding carboxylic acids is 3. The van der Waals surface area contributed by atoms with Crippen molar-refractivity contribution in [1.29, 1.82) is 0 Å². The number of nitrogens with zero attached hydrogens (tertiary/aromatic N) is 1. The second-order valence-corrected chi connectivity index (χ2v) is 5.71. The third-order valence-corrected chi connectivity index (χ3v) is 3.81. The van der Waals surface area contributed by atoms with Gasteiger partial charge >= 0.3 is 5.97 Å². The van der Waals surface area contributed by atoms with E-state index in [-0.39, 0.29) is 12.8 Å². The van der Waals surface area contributed by atoms with Gasteiger partial charge in [0.15, 0.2) is 18.1 Å². The van der Waals surface area contributed by atoms with Crippen LogP contribution in [0.1, 0.15) is 25.3 Å². The number of rotatable bonds is 8. The van der Waals surface area contributed by atoms with Gasteiger partial charge in [-0.1, -0.05) is 6.07 Å². The molecule has 2 rings (SSSR count). The SMILES string of the molecule is CNC(C)Cc1ccc(OCC(=O)ON2C(=O)CCC2=O)c(OC)c1. The first kappa shape index (κ1) is 18.7. The van der Waals surface area contributed by atoms with E-state index in [1.54, 1.807) is 6.07 Å². The largest absolute Gasteiger partial charge is 0.493 e. The van der Waals surface area contributed by atoms with Crippen LogP contribution in [0.5, 0.6) is 11.5 Å². The van der Waals surface area contributed by atoms with E-state index in [1.165, 1.54) is 7.11 Å². The number of hydrogen-bond acceptors (Lipinski definition) is 7. The maximum Gasteiger partial charge on any atom is 0.370 e. The van der Waals surface area contributed by atoms with Crippen LogP contribution in [0.25, 0.3) is 0 Å². The number of imide groups is 1. The van der Waals surface area contributed by atoms with E-state index < -0.39 is 24.4 Å². The van der Waals surface area contributed by atoms with Crippen molar-refractivity contribution in [2.75, 3.05) is 20.8 Å². The molecular weight excluding hydrogens is 328 g/mol. The van der Waals surface area contributed by atoms with Crippen LogP contribution in [-0.2, 0) is 25.6 Å². The topological polar surface area (TPSA) is 94.2 Å². The summed E-state index contributed by atoms with van der Waals surface area (Å²) in [5, 5.41) is 3.65. The fourth-order valence-corrected chi connectivity index (χ4v) is 2.34. The standard InChI is InChI=1S/C17H22N2O6/c1-11(18-2)8-12-4-5-13(14(9-12)23-3)24-10-17(22)25-19-15(20)6-7-16(19)21/h4-5,9,11,18H,6-8,10H2,1-3H3.